The van der Waals surface area contributed by atoms with E-state index in [0.29, 0.717) is 12.8 Å². The molecule has 244 valence electrons. The van der Waals surface area contributed by atoms with Crippen molar-refractivity contribution in [2.45, 2.75) is 174 Å². The average Bonchev–Trinajstić information content (AvgIpc) is 2.99. The SMILES string of the molecule is CCCCC/C=C/C/C=C/C/C=C/CCCCCCC(=O)OC[C@H](CO)OC(=O)CCCCCCCCCCCCC. The molecule has 0 amide bonds. The van der Waals surface area contributed by atoms with Crippen molar-refractivity contribution in [3.63, 3.8) is 0 Å². The van der Waals surface area contributed by atoms with Gasteiger partial charge in [-0.3, -0.25) is 9.59 Å². The van der Waals surface area contributed by atoms with Crippen molar-refractivity contribution in [1.82, 2.24) is 0 Å². The lowest BCUT2D eigenvalue weighted by molar-refractivity contribution is -0.161. The first-order valence-electron chi connectivity index (χ1n) is 17.5. The van der Waals surface area contributed by atoms with Gasteiger partial charge >= 0.3 is 11.9 Å². The van der Waals surface area contributed by atoms with E-state index < -0.39 is 6.10 Å². The lowest BCUT2D eigenvalue weighted by Crippen LogP contribution is -2.28. The standard InChI is InChI=1S/C37H66O5/c1-3-5-7-9-11-13-15-16-17-18-19-20-22-23-25-27-29-31-36(39)41-34-35(33-38)42-37(40)32-30-28-26-24-21-14-12-10-8-6-4-2/h11,13,16-17,19-20,35,38H,3-10,12,14-15,18,21-34H2,1-2H3/b13-11+,17-16+,20-19+/t35-/m0/s1. The number of allylic oxidation sites excluding steroid dienone is 6. The molecule has 1 N–H and O–H groups in total. The Balaban J connectivity index is 3.63. The number of aliphatic hydroxyl groups is 1. The van der Waals surface area contributed by atoms with Gasteiger partial charge in [0.25, 0.3) is 0 Å². The van der Waals surface area contributed by atoms with Gasteiger partial charge in [0.2, 0.25) is 0 Å². The molecule has 0 aromatic carbocycles. The summed E-state index contributed by atoms with van der Waals surface area (Å²) >= 11 is 0. The number of ether oxygens (including phenoxy) is 2. The van der Waals surface area contributed by atoms with Crippen molar-refractivity contribution < 1.29 is 24.2 Å². The molecule has 0 aromatic heterocycles. The van der Waals surface area contributed by atoms with Crippen LogP contribution in [-0.2, 0) is 19.1 Å². The number of hydrogen-bond donors (Lipinski definition) is 1. The number of aliphatic hydroxyl groups excluding tert-OH is 1. The van der Waals surface area contributed by atoms with Crippen molar-refractivity contribution in [3.05, 3.63) is 36.5 Å². The van der Waals surface area contributed by atoms with Gasteiger partial charge in [-0.15, -0.1) is 0 Å². The van der Waals surface area contributed by atoms with Crippen molar-refractivity contribution >= 4 is 11.9 Å². The van der Waals surface area contributed by atoms with Gasteiger partial charge in [0, 0.05) is 12.8 Å². The number of carbonyl (C=O) groups excluding carboxylic acids is 2. The van der Waals surface area contributed by atoms with Crippen LogP contribution in [0.2, 0.25) is 0 Å². The number of carbonyl (C=O) groups is 2. The van der Waals surface area contributed by atoms with Crippen molar-refractivity contribution in [2.24, 2.45) is 0 Å². The van der Waals surface area contributed by atoms with E-state index in [4.69, 9.17) is 9.47 Å². The van der Waals surface area contributed by atoms with Gasteiger partial charge in [0.1, 0.15) is 6.61 Å². The Labute approximate surface area is 259 Å². The molecular formula is C37H66O5. The molecule has 0 saturated carbocycles. The summed E-state index contributed by atoms with van der Waals surface area (Å²) in [7, 11) is 0. The van der Waals surface area contributed by atoms with E-state index in [-0.39, 0.29) is 25.2 Å². The molecule has 42 heavy (non-hydrogen) atoms. The maximum Gasteiger partial charge on any atom is 0.306 e. The predicted octanol–water partition coefficient (Wildman–Crippen LogP) is 10.5. The number of hydrogen-bond acceptors (Lipinski definition) is 5. The lowest BCUT2D eigenvalue weighted by atomic mass is 10.1. The molecule has 5 nitrogen and oxygen atoms in total. The van der Waals surface area contributed by atoms with Gasteiger partial charge in [-0.05, 0) is 51.4 Å². The highest BCUT2D eigenvalue weighted by atomic mass is 16.6. The fraction of sp³-hybridized carbons (Fsp3) is 0.784. The highest BCUT2D eigenvalue weighted by Crippen LogP contribution is 2.13. The van der Waals surface area contributed by atoms with Crippen LogP contribution in [0.15, 0.2) is 36.5 Å². The van der Waals surface area contributed by atoms with Crippen LogP contribution in [0, 0.1) is 0 Å². The zero-order chi connectivity index (χ0) is 30.8. The van der Waals surface area contributed by atoms with Crippen molar-refractivity contribution in [1.29, 1.82) is 0 Å². The Morgan fingerprint density at radius 1 is 0.548 bits per heavy atom. The first kappa shape index (κ1) is 40.1. The van der Waals surface area contributed by atoms with Crippen LogP contribution >= 0.6 is 0 Å². The zero-order valence-corrected chi connectivity index (χ0v) is 27.5. The summed E-state index contributed by atoms with van der Waals surface area (Å²) in [6, 6.07) is 0. The minimum absolute atomic E-state index is 0.0756. The quantitative estimate of drug-likeness (QED) is 0.0494. The fourth-order valence-electron chi connectivity index (χ4n) is 4.74. The summed E-state index contributed by atoms with van der Waals surface area (Å²) in [5, 5.41) is 9.50. The van der Waals surface area contributed by atoms with E-state index in [1.165, 1.54) is 77.0 Å². The van der Waals surface area contributed by atoms with Crippen LogP contribution < -0.4 is 0 Å². The molecular weight excluding hydrogens is 524 g/mol. The van der Waals surface area contributed by atoms with Gasteiger partial charge in [-0.2, -0.15) is 0 Å². The molecule has 0 unspecified atom stereocenters. The largest absolute Gasteiger partial charge is 0.462 e. The zero-order valence-electron chi connectivity index (χ0n) is 27.5. The van der Waals surface area contributed by atoms with Crippen LogP contribution in [0.1, 0.15) is 168 Å². The molecule has 0 aliphatic carbocycles. The second-order valence-electron chi connectivity index (χ2n) is 11.6. The summed E-state index contributed by atoms with van der Waals surface area (Å²) in [5.74, 6) is -0.617. The molecule has 1 atom stereocenters. The molecule has 0 fully saturated rings. The van der Waals surface area contributed by atoms with Crippen LogP contribution in [-0.4, -0.2) is 36.4 Å². The third-order valence-corrected chi connectivity index (χ3v) is 7.44. The molecule has 0 aliphatic heterocycles. The fourth-order valence-corrected chi connectivity index (χ4v) is 4.74. The van der Waals surface area contributed by atoms with E-state index in [2.05, 4.69) is 50.3 Å². The molecule has 0 aromatic rings. The first-order valence-corrected chi connectivity index (χ1v) is 17.5. The highest BCUT2D eigenvalue weighted by molar-refractivity contribution is 5.70. The summed E-state index contributed by atoms with van der Waals surface area (Å²) < 4.78 is 10.5. The van der Waals surface area contributed by atoms with Crippen LogP contribution in [0.25, 0.3) is 0 Å². The van der Waals surface area contributed by atoms with E-state index in [0.717, 1.165) is 64.2 Å². The minimum Gasteiger partial charge on any atom is -0.462 e. The maximum absolute atomic E-state index is 12.1. The average molecular weight is 591 g/mol. The smallest absolute Gasteiger partial charge is 0.306 e. The lowest BCUT2D eigenvalue weighted by Gasteiger charge is -2.15. The van der Waals surface area contributed by atoms with Gasteiger partial charge < -0.3 is 14.6 Å². The van der Waals surface area contributed by atoms with E-state index in [1.807, 2.05) is 0 Å². The molecule has 0 bridgehead atoms. The van der Waals surface area contributed by atoms with Gasteiger partial charge in [-0.1, -0.05) is 140 Å². The minimum atomic E-state index is -0.775. The highest BCUT2D eigenvalue weighted by Gasteiger charge is 2.16. The van der Waals surface area contributed by atoms with E-state index in [1.54, 1.807) is 0 Å². The first-order chi connectivity index (χ1) is 20.6. The summed E-state index contributed by atoms with van der Waals surface area (Å²) in [6.07, 6.45) is 39.1. The normalized spacial score (nSPS) is 12.5. The third-order valence-electron chi connectivity index (χ3n) is 7.44. The second-order valence-corrected chi connectivity index (χ2v) is 11.6. The number of esters is 2. The Kier molecular flexibility index (Phi) is 32.1. The monoisotopic (exact) mass is 590 g/mol. The Hall–Kier alpha value is -1.88. The molecule has 0 saturated heterocycles. The van der Waals surface area contributed by atoms with E-state index >= 15 is 0 Å². The summed E-state index contributed by atoms with van der Waals surface area (Å²) in [5.41, 5.74) is 0. The van der Waals surface area contributed by atoms with Gasteiger partial charge in [0.05, 0.1) is 6.61 Å². The van der Waals surface area contributed by atoms with Crippen LogP contribution in [0.3, 0.4) is 0 Å². The maximum atomic E-state index is 12.1. The molecule has 0 heterocycles. The molecule has 5 heteroatoms. The Morgan fingerprint density at radius 3 is 1.48 bits per heavy atom. The topological polar surface area (TPSA) is 72.8 Å². The number of rotatable bonds is 31. The van der Waals surface area contributed by atoms with Crippen LogP contribution in [0.4, 0.5) is 0 Å². The predicted molar refractivity (Wildman–Crippen MR) is 178 cm³/mol. The Bertz CT molecular complexity index is 682. The Morgan fingerprint density at radius 2 is 0.952 bits per heavy atom. The molecule has 0 rings (SSSR count). The summed E-state index contributed by atoms with van der Waals surface area (Å²) in [6.45, 7) is 4.07. The third kappa shape index (κ3) is 31.1. The molecule has 0 aliphatic rings. The van der Waals surface area contributed by atoms with Gasteiger partial charge in [0.15, 0.2) is 6.10 Å². The molecule has 0 radical (unpaired) electrons. The number of unbranched alkanes of at least 4 members (excludes halogenated alkanes) is 17. The summed E-state index contributed by atoms with van der Waals surface area (Å²) in [4.78, 5) is 24.1. The van der Waals surface area contributed by atoms with Crippen molar-refractivity contribution in [2.75, 3.05) is 13.2 Å². The van der Waals surface area contributed by atoms with Crippen LogP contribution in [0.5, 0.6) is 0 Å². The molecule has 0 spiro atoms. The van der Waals surface area contributed by atoms with E-state index in [9.17, 15) is 14.7 Å². The van der Waals surface area contributed by atoms with Crippen molar-refractivity contribution in [3.8, 4) is 0 Å². The van der Waals surface area contributed by atoms with Gasteiger partial charge in [-0.25, -0.2) is 0 Å². The second kappa shape index (κ2) is 33.6.